The summed E-state index contributed by atoms with van der Waals surface area (Å²) < 4.78 is 0. The van der Waals surface area contributed by atoms with Crippen molar-refractivity contribution in [1.29, 1.82) is 0 Å². The van der Waals surface area contributed by atoms with E-state index in [9.17, 15) is 14.9 Å². The number of rotatable bonds is 5. The molecule has 0 amide bonds. The third-order valence-corrected chi connectivity index (χ3v) is 3.68. The number of nitro benzene ring substituents is 1. The van der Waals surface area contributed by atoms with E-state index in [0.29, 0.717) is 15.9 Å². The third kappa shape index (κ3) is 3.45. The SMILES string of the molecule is CC(CC(=O)O)Sc1ccc2cc([N+](=O)[O-])ccc2n1. The van der Waals surface area contributed by atoms with Crippen molar-refractivity contribution in [3.8, 4) is 0 Å². The second kappa shape index (κ2) is 5.87. The molecule has 1 aromatic heterocycles. The van der Waals surface area contributed by atoms with E-state index in [0.717, 1.165) is 0 Å². The van der Waals surface area contributed by atoms with Gasteiger partial charge < -0.3 is 5.11 Å². The molecule has 1 atom stereocenters. The van der Waals surface area contributed by atoms with Crippen LogP contribution < -0.4 is 0 Å². The van der Waals surface area contributed by atoms with Gasteiger partial charge in [0, 0.05) is 22.8 Å². The molecule has 1 heterocycles. The minimum absolute atomic E-state index is 0.0268. The number of nitro groups is 1. The Hall–Kier alpha value is -2.15. The van der Waals surface area contributed by atoms with Crippen LogP contribution in [0.25, 0.3) is 10.9 Å². The average molecular weight is 292 g/mol. The van der Waals surface area contributed by atoms with Crippen LogP contribution in [0.1, 0.15) is 13.3 Å². The molecule has 1 aromatic carbocycles. The summed E-state index contributed by atoms with van der Waals surface area (Å²) in [5.74, 6) is -0.846. The van der Waals surface area contributed by atoms with Crippen molar-refractivity contribution in [1.82, 2.24) is 4.98 Å². The van der Waals surface area contributed by atoms with Crippen molar-refractivity contribution in [2.45, 2.75) is 23.6 Å². The van der Waals surface area contributed by atoms with E-state index in [1.54, 1.807) is 18.2 Å². The molecule has 2 aromatic rings. The van der Waals surface area contributed by atoms with E-state index in [1.807, 2.05) is 6.92 Å². The summed E-state index contributed by atoms with van der Waals surface area (Å²) in [6.07, 6.45) is 0.0602. The Bertz CT molecular complexity index is 674. The van der Waals surface area contributed by atoms with Gasteiger partial charge >= 0.3 is 5.97 Å². The predicted octanol–water partition coefficient (Wildman–Crippen LogP) is 3.10. The number of aliphatic carboxylic acids is 1. The average Bonchev–Trinajstić information content (AvgIpc) is 2.36. The van der Waals surface area contributed by atoms with Gasteiger partial charge in [0.15, 0.2) is 0 Å². The first kappa shape index (κ1) is 14.3. The quantitative estimate of drug-likeness (QED) is 0.517. The molecule has 0 aliphatic rings. The maximum atomic E-state index is 10.7. The molecule has 104 valence electrons. The standard InChI is InChI=1S/C13H12N2O4S/c1-8(6-13(16)17)20-12-5-2-9-7-10(15(18)19)3-4-11(9)14-12/h2-5,7-8H,6H2,1H3,(H,16,17). The third-order valence-electron chi connectivity index (χ3n) is 2.64. The lowest BCUT2D eigenvalue weighted by molar-refractivity contribution is -0.384. The summed E-state index contributed by atoms with van der Waals surface area (Å²) in [5, 5.41) is 20.7. The topological polar surface area (TPSA) is 93.3 Å². The maximum Gasteiger partial charge on any atom is 0.304 e. The molecule has 1 N–H and O–H groups in total. The molecule has 0 spiro atoms. The first-order valence-corrected chi connectivity index (χ1v) is 6.77. The van der Waals surface area contributed by atoms with E-state index in [2.05, 4.69) is 4.98 Å². The predicted molar refractivity (Wildman–Crippen MR) is 76.0 cm³/mol. The van der Waals surface area contributed by atoms with Crippen molar-refractivity contribution >= 4 is 34.3 Å². The summed E-state index contributed by atoms with van der Waals surface area (Å²) in [4.78, 5) is 25.2. The van der Waals surface area contributed by atoms with Gasteiger partial charge in [0.05, 0.1) is 21.9 Å². The first-order valence-electron chi connectivity index (χ1n) is 5.89. The normalized spacial score (nSPS) is 12.2. The van der Waals surface area contributed by atoms with E-state index in [4.69, 9.17) is 5.11 Å². The molecule has 2 rings (SSSR count). The second-order valence-electron chi connectivity index (χ2n) is 4.31. The van der Waals surface area contributed by atoms with E-state index >= 15 is 0 Å². The fourth-order valence-corrected chi connectivity index (χ4v) is 2.70. The van der Waals surface area contributed by atoms with Gasteiger partial charge in [-0.25, -0.2) is 4.98 Å². The Balaban J connectivity index is 2.23. The zero-order chi connectivity index (χ0) is 14.7. The summed E-state index contributed by atoms with van der Waals surface area (Å²) >= 11 is 1.37. The Labute approximate surface area is 119 Å². The molecule has 0 aliphatic carbocycles. The fourth-order valence-electron chi connectivity index (χ4n) is 1.77. The van der Waals surface area contributed by atoms with Gasteiger partial charge in [-0.15, -0.1) is 11.8 Å². The molecule has 0 radical (unpaired) electrons. The largest absolute Gasteiger partial charge is 0.481 e. The fraction of sp³-hybridized carbons (Fsp3) is 0.231. The molecule has 0 aliphatic heterocycles. The molecular weight excluding hydrogens is 280 g/mol. The highest BCUT2D eigenvalue weighted by Crippen LogP contribution is 2.27. The van der Waals surface area contributed by atoms with Crippen LogP contribution in [0, 0.1) is 10.1 Å². The van der Waals surface area contributed by atoms with Gasteiger partial charge in [-0.3, -0.25) is 14.9 Å². The number of aromatic nitrogens is 1. The highest BCUT2D eigenvalue weighted by molar-refractivity contribution is 7.99. The number of hydrogen-bond donors (Lipinski definition) is 1. The number of pyridine rings is 1. The molecule has 7 heteroatoms. The lowest BCUT2D eigenvalue weighted by Gasteiger charge is -2.08. The lowest BCUT2D eigenvalue weighted by Crippen LogP contribution is -2.05. The summed E-state index contributed by atoms with van der Waals surface area (Å²) in [6, 6.07) is 7.97. The number of thioether (sulfide) groups is 1. The van der Waals surface area contributed by atoms with Gasteiger partial charge in [-0.1, -0.05) is 6.92 Å². The zero-order valence-electron chi connectivity index (χ0n) is 10.6. The van der Waals surface area contributed by atoms with E-state index in [1.165, 1.54) is 23.9 Å². The minimum atomic E-state index is -0.846. The molecule has 6 nitrogen and oxygen atoms in total. The van der Waals surface area contributed by atoms with Gasteiger partial charge in [-0.2, -0.15) is 0 Å². The molecule has 0 saturated carbocycles. The molecular formula is C13H12N2O4S. The van der Waals surface area contributed by atoms with Crippen LogP contribution >= 0.6 is 11.8 Å². The smallest absolute Gasteiger partial charge is 0.304 e. The highest BCUT2D eigenvalue weighted by Gasteiger charge is 2.11. The number of carbonyl (C=O) groups is 1. The summed E-state index contributed by atoms with van der Waals surface area (Å²) in [5.41, 5.74) is 0.682. The zero-order valence-corrected chi connectivity index (χ0v) is 11.5. The minimum Gasteiger partial charge on any atom is -0.481 e. The summed E-state index contributed by atoms with van der Waals surface area (Å²) in [6.45, 7) is 1.82. The van der Waals surface area contributed by atoms with E-state index in [-0.39, 0.29) is 17.4 Å². The van der Waals surface area contributed by atoms with Crippen molar-refractivity contribution < 1.29 is 14.8 Å². The van der Waals surface area contributed by atoms with E-state index < -0.39 is 10.9 Å². The first-order chi connectivity index (χ1) is 9.45. The maximum absolute atomic E-state index is 10.7. The van der Waals surface area contributed by atoms with Crippen LogP contribution in [0.15, 0.2) is 35.4 Å². The van der Waals surface area contributed by atoms with Crippen molar-refractivity contribution in [2.24, 2.45) is 0 Å². The monoisotopic (exact) mass is 292 g/mol. The van der Waals surface area contributed by atoms with Crippen LogP contribution in [-0.4, -0.2) is 26.2 Å². The number of benzene rings is 1. The summed E-state index contributed by atoms with van der Waals surface area (Å²) in [7, 11) is 0. The Morgan fingerprint density at radius 2 is 2.20 bits per heavy atom. The molecule has 0 fully saturated rings. The van der Waals surface area contributed by atoms with Crippen LogP contribution in [0.2, 0.25) is 0 Å². The second-order valence-corrected chi connectivity index (χ2v) is 5.77. The Morgan fingerprint density at radius 1 is 1.45 bits per heavy atom. The highest BCUT2D eigenvalue weighted by atomic mass is 32.2. The van der Waals surface area contributed by atoms with Gasteiger partial charge in [0.25, 0.3) is 5.69 Å². The number of hydrogen-bond acceptors (Lipinski definition) is 5. The number of nitrogens with zero attached hydrogens (tertiary/aromatic N) is 2. The molecule has 0 bridgehead atoms. The lowest BCUT2D eigenvalue weighted by atomic mass is 10.2. The molecule has 1 unspecified atom stereocenters. The molecule has 0 saturated heterocycles. The van der Waals surface area contributed by atoms with Gasteiger partial charge in [-0.05, 0) is 18.2 Å². The van der Waals surface area contributed by atoms with Crippen LogP contribution in [-0.2, 0) is 4.79 Å². The van der Waals surface area contributed by atoms with Crippen molar-refractivity contribution in [3.63, 3.8) is 0 Å². The van der Waals surface area contributed by atoms with Crippen molar-refractivity contribution in [3.05, 3.63) is 40.4 Å². The van der Waals surface area contributed by atoms with Crippen LogP contribution in [0.5, 0.6) is 0 Å². The number of non-ortho nitro benzene ring substituents is 1. The Morgan fingerprint density at radius 3 is 2.85 bits per heavy atom. The van der Waals surface area contributed by atoms with Gasteiger partial charge in [0.2, 0.25) is 0 Å². The van der Waals surface area contributed by atoms with Gasteiger partial charge in [0.1, 0.15) is 0 Å². The van der Waals surface area contributed by atoms with Crippen LogP contribution in [0.3, 0.4) is 0 Å². The Kier molecular flexibility index (Phi) is 4.19. The van der Waals surface area contributed by atoms with Crippen LogP contribution in [0.4, 0.5) is 5.69 Å². The number of carboxylic acids is 1. The number of carboxylic acid groups (broad SMARTS) is 1. The number of fused-ring (bicyclic) bond motifs is 1. The molecule has 20 heavy (non-hydrogen) atoms. The van der Waals surface area contributed by atoms with Crippen molar-refractivity contribution in [2.75, 3.05) is 0 Å².